The van der Waals surface area contributed by atoms with Gasteiger partial charge in [-0.2, -0.15) is 0 Å². The van der Waals surface area contributed by atoms with Crippen LogP contribution in [0, 0.1) is 6.92 Å². The molecule has 2 aromatic rings. The number of aromatic nitrogens is 1. The molecule has 0 N–H and O–H groups in total. The Morgan fingerprint density at radius 2 is 2.06 bits per heavy atom. The van der Waals surface area contributed by atoms with Crippen LogP contribution >= 0.6 is 11.3 Å². The highest BCUT2D eigenvalue weighted by Crippen LogP contribution is 2.22. The zero-order valence-corrected chi connectivity index (χ0v) is 11.3. The van der Waals surface area contributed by atoms with E-state index in [1.54, 1.807) is 18.3 Å². The van der Waals surface area contributed by atoms with E-state index < -0.39 is 0 Å². The Bertz CT molecular complexity index is 534. The number of carbonyl (C=O) groups is 1. The lowest BCUT2D eigenvalue weighted by atomic mass is 10.1. The molecular formula is C14H15NO2S. The van der Waals surface area contributed by atoms with E-state index >= 15 is 0 Å². The first-order chi connectivity index (χ1) is 8.70. The van der Waals surface area contributed by atoms with Crippen LogP contribution in [0.5, 0.6) is 0 Å². The molecule has 0 amide bonds. The van der Waals surface area contributed by atoms with Gasteiger partial charge in [0.05, 0.1) is 11.6 Å². The minimum absolute atomic E-state index is 0.326. The van der Waals surface area contributed by atoms with E-state index in [1.165, 1.54) is 5.56 Å². The van der Waals surface area contributed by atoms with Gasteiger partial charge in [-0.3, -0.25) is 0 Å². The fourth-order valence-electron chi connectivity index (χ4n) is 1.73. The Kier molecular flexibility index (Phi) is 4.10. The summed E-state index contributed by atoms with van der Waals surface area (Å²) < 4.78 is 5.02. The Hall–Kier alpha value is -1.68. The van der Waals surface area contributed by atoms with E-state index in [9.17, 15) is 4.79 Å². The number of hydrogen-bond donors (Lipinski definition) is 0. The fourth-order valence-corrected chi connectivity index (χ4v) is 2.69. The van der Waals surface area contributed by atoms with Gasteiger partial charge >= 0.3 is 5.97 Å². The lowest BCUT2D eigenvalue weighted by molar-refractivity contribution is 0.0519. The van der Waals surface area contributed by atoms with Gasteiger partial charge in [-0.05, 0) is 19.4 Å². The average Bonchev–Trinajstić information content (AvgIpc) is 2.72. The van der Waals surface area contributed by atoms with Crippen LogP contribution in [0.3, 0.4) is 0 Å². The van der Waals surface area contributed by atoms with E-state index in [4.69, 9.17) is 4.74 Å². The number of thiazole rings is 1. The summed E-state index contributed by atoms with van der Waals surface area (Å²) in [6.45, 7) is 4.08. The SMILES string of the molecule is CCOC(=O)c1nc(C)sc1Cc1ccccc1. The van der Waals surface area contributed by atoms with Crippen LogP contribution in [-0.4, -0.2) is 17.6 Å². The van der Waals surface area contributed by atoms with Crippen LogP contribution in [0.2, 0.25) is 0 Å². The van der Waals surface area contributed by atoms with E-state index in [0.29, 0.717) is 12.3 Å². The lowest BCUT2D eigenvalue weighted by Gasteiger charge is -2.02. The molecule has 1 heterocycles. The Morgan fingerprint density at radius 3 is 2.72 bits per heavy atom. The van der Waals surface area contributed by atoms with Gasteiger partial charge in [0.25, 0.3) is 0 Å². The Balaban J connectivity index is 2.25. The monoisotopic (exact) mass is 261 g/mol. The Labute approximate surface area is 110 Å². The average molecular weight is 261 g/mol. The number of benzene rings is 1. The molecule has 0 aliphatic heterocycles. The summed E-state index contributed by atoms with van der Waals surface area (Å²) in [7, 11) is 0. The second-order valence-corrected chi connectivity index (χ2v) is 5.18. The molecule has 0 spiro atoms. The van der Waals surface area contributed by atoms with Crippen LogP contribution in [-0.2, 0) is 11.2 Å². The normalized spacial score (nSPS) is 10.3. The third-order valence-electron chi connectivity index (χ3n) is 2.48. The molecule has 0 bridgehead atoms. The molecule has 0 atom stereocenters. The zero-order valence-electron chi connectivity index (χ0n) is 10.5. The highest BCUT2D eigenvalue weighted by atomic mass is 32.1. The van der Waals surface area contributed by atoms with Gasteiger partial charge in [-0.1, -0.05) is 30.3 Å². The van der Waals surface area contributed by atoms with Crippen molar-refractivity contribution in [3.8, 4) is 0 Å². The maximum absolute atomic E-state index is 11.8. The topological polar surface area (TPSA) is 39.2 Å². The molecule has 1 aromatic carbocycles. The minimum atomic E-state index is -0.326. The largest absolute Gasteiger partial charge is 0.461 e. The molecule has 3 nitrogen and oxygen atoms in total. The van der Waals surface area contributed by atoms with Crippen molar-refractivity contribution in [1.29, 1.82) is 0 Å². The third-order valence-corrected chi connectivity index (χ3v) is 3.45. The highest BCUT2D eigenvalue weighted by molar-refractivity contribution is 7.11. The van der Waals surface area contributed by atoms with Crippen molar-refractivity contribution < 1.29 is 9.53 Å². The van der Waals surface area contributed by atoms with Gasteiger partial charge in [-0.25, -0.2) is 9.78 Å². The molecule has 18 heavy (non-hydrogen) atoms. The van der Waals surface area contributed by atoms with Gasteiger partial charge in [-0.15, -0.1) is 11.3 Å². The first-order valence-electron chi connectivity index (χ1n) is 5.88. The zero-order chi connectivity index (χ0) is 13.0. The summed E-state index contributed by atoms with van der Waals surface area (Å²) in [5.41, 5.74) is 1.63. The summed E-state index contributed by atoms with van der Waals surface area (Å²) in [4.78, 5) is 17.0. The van der Waals surface area contributed by atoms with Crippen LogP contribution < -0.4 is 0 Å². The minimum Gasteiger partial charge on any atom is -0.461 e. The molecule has 0 unspecified atom stereocenters. The van der Waals surface area contributed by atoms with E-state index in [-0.39, 0.29) is 5.97 Å². The van der Waals surface area contributed by atoms with Gasteiger partial charge < -0.3 is 4.74 Å². The highest BCUT2D eigenvalue weighted by Gasteiger charge is 2.17. The first kappa shape index (κ1) is 12.8. The van der Waals surface area contributed by atoms with Gasteiger partial charge in [0.15, 0.2) is 5.69 Å². The lowest BCUT2D eigenvalue weighted by Crippen LogP contribution is -2.08. The van der Waals surface area contributed by atoms with E-state index in [0.717, 1.165) is 16.3 Å². The number of nitrogens with zero attached hydrogens (tertiary/aromatic N) is 1. The molecule has 94 valence electrons. The summed E-state index contributed by atoms with van der Waals surface area (Å²) in [6, 6.07) is 10.1. The third kappa shape index (κ3) is 2.96. The maximum atomic E-state index is 11.8. The molecule has 2 rings (SSSR count). The van der Waals surface area contributed by atoms with Crippen molar-refractivity contribution in [1.82, 2.24) is 4.98 Å². The molecule has 0 saturated heterocycles. The number of aryl methyl sites for hydroxylation is 1. The molecule has 1 aromatic heterocycles. The molecule has 0 aliphatic carbocycles. The predicted octanol–water partition coefficient (Wildman–Crippen LogP) is 3.22. The number of esters is 1. The van der Waals surface area contributed by atoms with E-state index in [2.05, 4.69) is 4.98 Å². The number of carbonyl (C=O) groups excluding carboxylic acids is 1. The Morgan fingerprint density at radius 1 is 1.33 bits per heavy atom. The molecule has 0 saturated carbocycles. The standard InChI is InChI=1S/C14H15NO2S/c1-3-17-14(16)13-12(18-10(2)15-13)9-11-7-5-4-6-8-11/h4-8H,3,9H2,1-2H3. The van der Waals surface area contributed by atoms with E-state index in [1.807, 2.05) is 37.3 Å². The molecule has 0 fully saturated rings. The van der Waals surface area contributed by atoms with Crippen LogP contribution in [0.1, 0.15) is 32.9 Å². The molecule has 0 aliphatic rings. The molecular weight excluding hydrogens is 246 g/mol. The second kappa shape index (κ2) is 5.78. The number of ether oxygens (including phenoxy) is 1. The van der Waals surface area contributed by atoms with Crippen molar-refractivity contribution >= 4 is 17.3 Å². The first-order valence-corrected chi connectivity index (χ1v) is 6.69. The maximum Gasteiger partial charge on any atom is 0.358 e. The van der Waals surface area contributed by atoms with Crippen molar-refractivity contribution in [2.45, 2.75) is 20.3 Å². The summed E-state index contributed by atoms with van der Waals surface area (Å²) in [5.74, 6) is -0.326. The molecule has 4 heteroatoms. The van der Waals surface area contributed by atoms with Gasteiger partial charge in [0.1, 0.15) is 0 Å². The smallest absolute Gasteiger partial charge is 0.358 e. The number of hydrogen-bond acceptors (Lipinski definition) is 4. The molecule has 0 radical (unpaired) electrons. The van der Waals surface area contributed by atoms with Gasteiger partial charge in [0, 0.05) is 11.3 Å². The quantitative estimate of drug-likeness (QED) is 0.793. The second-order valence-electron chi connectivity index (χ2n) is 3.89. The summed E-state index contributed by atoms with van der Waals surface area (Å²) in [6.07, 6.45) is 0.723. The van der Waals surface area contributed by atoms with Crippen molar-refractivity contribution in [3.05, 3.63) is 51.5 Å². The van der Waals surface area contributed by atoms with Crippen molar-refractivity contribution in [2.75, 3.05) is 6.61 Å². The summed E-state index contributed by atoms with van der Waals surface area (Å²) >= 11 is 1.55. The van der Waals surface area contributed by atoms with Crippen LogP contribution in [0.4, 0.5) is 0 Å². The van der Waals surface area contributed by atoms with Crippen LogP contribution in [0.15, 0.2) is 30.3 Å². The summed E-state index contributed by atoms with van der Waals surface area (Å²) in [5, 5.41) is 0.893. The van der Waals surface area contributed by atoms with Gasteiger partial charge in [0.2, 0.25) is 0 Å². The fraction of sp³-hybridized carbons (Fsp3) is 0.286. The van der Waals surface area contributed by atoms with Crippen molar-refractivity contribution in [2.24, 2.45) is 0 Å². The van der Waals surface area contributed by atoms with Crippen molar-refractivity contribution in [3.63, 3.8) is 0 Å². The number of rotatable bonds is 4. The van der Waals surface area contributed by atoms with Crippen LogP contribution in [0.25, 0.3) is 0 Å². The predicted molar refractivity (Wildman–Crippen MR) is 72.1 cm³/mol.